The summed E-state index contributed by atoms with van der Waals surface area (Å²) in [5, 5.41) is 4.70. The van der Waals surface area contributed by atoms with Gasteiger partial charge in [0, 0.05) is 5.39 Å². The van der Waals surface area contributed by atoms with Crippen molar-refractivity contribution in [3.8, 4) is 11.5 Å². The first-order valence-electron chi connectivity index (χ1n) is 5.87. The predicted molar refractivity (Wildman–Crippen MR) is 74.6 cm³/mol. The highest BCUT2D eigenvalue weighted by Gasteiger charge is 2.05. The Hall–Kier alpha value is -2.22. The lowest BCUT2D eigenvalue weighted by Crippen LogP contribution is -1.86. The highest BCUT2D eigenvalue weighted by molar-refractivity contribution is 6.09. The first kappa shape index (κ1) is 10.9. The highest BCUT2D eigenvalue weighted by atomic mass is 16.5. The molecule has 0 saturated carbocycles. The standard InChI is InChI=1S/C16H14O2/c1-17-12-8-6-11-7-9-14-13(15(11)10-12)4-3-5-16(14)18-2/h3-10H,1-2H3. The summed E-state index contributed by atoms with van der Waals surface area (Å²) in [7, 11) is 3.39. The number of hydrogen-bond donors (Lipinski definition) is 0. The fourth-order valence-electron chi connectivity index (χ4n) is 2.34. The van der Waals surface area contributed by atoms with Crippen molar-refractivity contribution in [1.82, 2.24) is 0 Å². The van der Waals surface area contributed by atoms with E-state index >= 15 is 0 Å². The molecule has 0 aromatic heterocycles. The van der Waals surface area contributed by atoms with E-state index in [1.165, 1.54) is 16.2 Å². The van der Waals surface area contributed by atoms with Gasteiger partial charge in [-0.3, -0.25) is 0 Å². The second-order valence-corrected chi connectivity index (χ2v) is 4.21. The number of hydrogen-bond acceptors (Lipinski definition) is 2. The summed E-state index contributed by atoms with van der Waals surface area (Å²) in [5.41, 5.74) is 0. The molecule has 0 aliphatic rings. The normalized spacial score (nSPS) is 10.8. The lowest BCUT2D eigenvalue weighted by atomic mass is 10.0. The summed E-state index contributed by atoms with van der Waals surface area (Å²) in [6.45, 7) is 0. The maximum atomic E-state index is 5.40. The molecule has 3 aromatic carbocycles. The van der Waals surface area contributed by atoms with Crippen LogP contribution in [-0.4, -0.2) is 14.2 Å². The molecule has 2 nitrogen and oxygen atoms in total. The number of methoxy groups -OCH3 is 2. The molecule has 0 aliphatic carbocycles. The van der Waals surface area contributed by atoms with Crippen molar-refractivity contribution in [2.24, 2.45) is 0 Å². The van der Waals surface area contributed by atoms with Crippen LogP contribution in [0.3, 0.4) is 0 Å². The summed E-state index contributed by atoms with van der Waals surface area (Å²) < 4.78 is 10.7. The Bertz CT molecular complexity index is 717. The van der Waals surface area contributed by atoms with E-state index in [4.69, 9.17) is 9.47 Å². The quantitative estimate of drug-likeness (QED) is 0.628. The van der Waals surface area contributed by atoms with Gasteiger partial charge in [-0.05, 0) is 34.4 Å². The van der Waals surface area contributed by atoms with Crippen LogP contribution in [0.15, 0.2) is 48.5 Å². The van der Waals surface area contributed by atoms with Crippen molar-refractivity contribution in [1.29, 1.82) is 0 Å². The van der Waals surface area contributed by atoms with Gasteiger partial charge >= 0.3 is 0 Å². The highest BCUT2D eigenvalue weighted by Crippen LogP contribution is 2.33. The zero-order valence-corrected chi connectivity index (χ0v) is 10.4. The van der Waals surface area contributed by atoms with Crippen LogP contribution >= 0.6 is 0 Å². The molecular formula is C16H14O2. The third kappa shape index (κ3) is 1.58. The van der Waals surface area contributed by atoms with Crippen molar-refractivity contribution < 1.29 is 9.47 Å². The molecule has 0 radical (unpaired) electrons. The van der Waals surface area contributed by atoms with Crippen LogP contribution in [0.5, 0.6) is 11.5 Å². The molecule has 18 heavy (non-hydrogen) atoms. The molecule has 90 valence electrons. The molecule has 0 fully saturated rings. The number of ether oxygens (including phenoxy) is 2. The van der Waals surface area contributed by atoms with Crippen molar-refractivity contribution in [2.75, 3.05) is 14.2 Å². The first-order valence-corrected chi connectivity index (χ1v) is 5.87. The Balaban J connectivity index is 2.44. The average molecular weight is 238 g/mol. The predicted octanol–water partition coefficient (Wildman–Crippen LogP) is 4.01. The van der Waals surface area contributed by atoms with Gasteiger partial charge in [0.2, 0.25) is 0 Å². The second-order valence-electron chi connectivity index (χ2n) is 4.21. The van der Waals surface area contributed by atoms with E-state index in [1.54, 1.807) is 14.2 Å². The van der Waals surface area contributed by atoms with E-state index in [0.717, 1.165) is 16.9 Å². The van der Waals surface area contributed by atoms with E-state index in [9.17, 15) is 0 Å². The number of rotatable bonds is 2. The van der Waals surface area contributed by atoms with Gasteiger partial charge in [-0.25, -0.2) is 0 Å². The van der Waals surface area contributed by atoms with Crippen molar-refractivity contribution in [2.45, 2.75) is 0 Å². The summed E-state index contributed by atoms with van der Waals surface area (Å²) in [6.07, 6.45) is 0. The summed E-state index contributed by atoms with van der Waals surface area (Å²) >= 11 is 0. The van der Waals surface area contributed by atoms with E-state index in [1.807, 2.05) is 18.2 Å². The van der Waals surface area contributed by atoms with Crippen LogP contribution in [0, 0.1) is 0 Å². The largest absolute Gasteiger partial charge is 0.497 e. The van der Waals surface area contributed by atoms with Crippen LogP contribution in [0.1, 0.15) is 0 Å². The summed E-state index contributed by atoms with van der Waals surface area (Å²) in [4.78, 5) is 0. The minimum absolute atomic E-state index is 0.873. The monoisotopic (exact) mass is 238 g/mol. The van der Waals surface area contributed by atoms with E-state index in [0.29, 0.717) is 0 Å². The Morgan fingerprint density at radius 3 is 2.33 bits per heavy atom. The third-order valence-corrected chi connectivity index (χ3v) is 3.27. The van der Waals surface area contributed by atoms with Crippen LogP contribution < -0.4 is 9.47 Å². The number of fused-ring (bicyclic) bond motifs is 3. The Kier molecular flexibility index (Phi) is 2.56. The molecule has 0 unspecified atom stereocenters. The average Bonchev–Trinajstić information content (AvgIpc) is 2.45. The Morgan fingerprint density at radius 1 is 0.722 bits per heavy atom. The second kappa shape index (κ2) is 4.22. The van der Waals surface area contributed by atoms with Crippen LogP contribution in [-0.2, 0) is 0 Å². The van der Waals surface area contributed by atoms with Crippen molar-refractivity contribution in [3.63, 3.8) is 0 Å². The lowest BCUT2D eigenvalue weighted by Gasteiger charge is -2.09. The van der Waals surface area contributed by atoms with Crippen molar-refractivity contribution in [3.05, 3.63) is 48.5 Å². The maximum absolute atomic E-state index is 5.40. The van der Waals surface area contributed by atoms with Gasteiger partial charge in [-0.2, -0.15) is 0 Å². The minimum Gasteiger partial charge on any atom is -0.497 e. The molecule has 0 N–H and O–H groups in total. The molecular weight excluding hydrogens is 224 g/mol. The molecule has 3 rings (SSSR count). The van der Waals surface area contributed by atoms with Gasteiger partial charge in [0.1, 0.15) is 11.5 Å². The van der Waals surface area contributed by atoms with Crippen LogP contribution in [0.2, 0.25) is 0 Å². The van der Waals surface area contributed by atoms with Gasteiger partial charge in [0.15, 0.2) is 0 Å². The van der Waals surface area contributed by atoms with E-state index < -0.39 is 0 Å². The molecule has 0 atom stereocenters. The summed E-state index contributed by atoms with van der Waals surface area (Å²) in [6, 6.07) is 16.4. The molecule has 0 saturated heterocycles. The molecule has 0 amide bonds. The topological polar surface area (TPSA) is 18.5 Å². The third-order valence-electron chi connectivity index (χ3n) is 3.27. The van der Waals surface area contributed by atoms with Crippen LogP contribution in [0.4, 0.5) is 0 Å². The molecule has 0 spiro atoms. The number of benzene rings is 3. The SMILES string of the molecule is COc1ccc2ccc3c(OC)cccc3c2c1. The molecule has 3 aromatic rings. The molecule has 2 heteroatoms. The van der Waals surface area contributed by atoms with Crippen LogP contribution in [0.25, 0.3) is 21.5 Å². The van der Waals surface area contributed by atoms with E-state index in [-0.39, 0.29) is 0 Å². The molecule has 0 bridgehead atoms. The van der Waals surface area contributed by atoms with Gasteiger partial charge in [-0.15, -0.1) is 0 Å². The zero-order chi connectivity index (χ0) is 12.5. The maximum Gasteiger partial charge on any atom is 0.126 e. The lowest BCUT2D eigenvalue weighted by molar-refractivity contribution is 0.415. The van der Waals surface area contributed by atoms with Gasteiger partial charge in [0.05, 0.1) is 14.2 Å². The first-order chi connectivity index (χ1) is 8.83. The molecule has 0 aliphatic heterocycles. The van der Waals surface area contributed by atoms with Gasteiger partial charge in [-0.1, -0.05) is 30.3 Å². The zero-order valence-electron chi connectivity index (χ0n) is 10.4. The van der Waals surface area contributed by atoms with Crippen molar-refractivity contribution >= 4 is 21.5 Å². The summed E-state index contributed by atoms with van der Waals surface area (Å²) in [5.74, 6) is 1.77. The Morgan fingerprint density at radius 2 is 1.56 bits per heavy atom. The van der Waals surface area contributed by atoms with Gasteiger partial charge in [0.25, 0.3) is 0 Å². The van der Waals surface area contributed by atoms with E-state index in [2.05, 4.69) is 30.3 Å². The minimum atomic E-state index is 0.873. The smallest absolute Gasteiger partial charge is 0.126 e. The fourth-order valence-corrected chi connectivity index (χ4v) is 2.34. The van der Waals surface area contributed by atoms with Gasteiger partial charge < -0.3 is 9.47 Å². The fraction of sp³-hybridized carbons (Fsp3) is 0.125. The molecule has 0 heterocycles. The Labute approximate surface area is 106 Å².